The number of hydrogen-bond acceptors (Lipinski definition) is 7. The summed E-state index contributed by atoms with van der Waals surface area (Å²) in [4.78, 5) is 42.1. The van der Waals surface area contributed by atoms with Crippen molar-refractivity contribution in [2.75, 3.05) is 0 Å². The van der Waals surface area contributed by atoms with Crippen LogP contribution in [0.2, 0.25) is 0 Å². The summed E-state index contributed by atoms with van der Waals surface area (Å²) < 4.78 is -0.0640. The zero-order chi connectivity index (χ0) is 19.1. The fourth-order valence-electron chi connectivity index (χ4n) is 2.87. The molecular formula is C18H10N4O4S. The highest BCUT2D eigenvalue weighted by atomic mass is 32.1. The molecule has 0 spiro atoms. The Morgan fingerprint density at radius 3 is 2.19 bits per heavy atom. The van der Waals surface area contributed by atoms with E-state index in [9.17, 15) is 19.5 Å². The molecule has 0 bridgehead atoms. The summed E-state index contributed by atoms with van der Waals surface area (Å²) in [5, 5.41) is 17.4. The normalized spacial score (nSPS) is 12.9. The number of aromatic hydroxyl groups is 1. The van der Waals surface area contributed by atoms with Gasteiger partial charge in [0, 0.05) is 16.7 Å². The molecule has 0 saturated heterocycles. The summed E-state index contributed by atoms with van der Waals surface area (Å²) in [5.74, 6) is -1.20. The van der Waals surface area contributed by atoms with E-state index in [0.717, 1.165) is 0 Å². The Morgan fingerprint density at radius 1 is 0.815 bits per heavy atom. The molecule has 0 radical (unpaired) electrons. The van der Waals surface area contributed by atoms with Gasteiger partial charge in [0.1, 0.15) is 0 Å². The summed E-state index contributed by atoms with van der Waals surface area (Å²) in [5.41, 5.74) is -0.100. The molecule has 0 amide bonds. The monoisotopic (exact) mass is 378 g/mol. The topological polar surface area (TPSA) is 128 Å². The zero-order valence-corrected chi connectivity index (χ0v) is 14.3. The van der Waals surface area contributed by atoms with Crippen LogP contribution in [-0.2, 0) is 0 Å². The van der Waals surface area contributed by atoms with E-state index in [1.165, 1.54) is 12.1 Å². The van der Waals surface area contributed by atoms with Crippen LogP contribution in [0.15, 0.2) is 57.5 Å². The number of ketones is 2. The molecule has 0 fully saturated rings. The van der Waals surface area contributed by atoms with Gasteiger partial charge in [-0.15, -0.1) is 10.2 Å². The van der Waals surface area contributed by atoms with Crippen LogP contribution in [0.5, 0.6) is 5.88 Å². The number of nitrogens with zero attached hydrogens (tertiary/aromatic N) is 2. The van der Waals surface area contributed by atoms with E-state index in [0.29, 0.717) is 5.56 Å². The van der Waals surface area contributed by atoms with Gasteiger partial charge in [-0.2, -0.15) is 0 Å². The average Bonchev–Trinajstić information content (AvgIpc) is 2.65. The molecule has 1 aliphatic carbocycles. The summed E-state index contributed by atoms with van der Waals surface area (Å²) in [7, 11) is 0. The number of hydrogen-bond donors (Lipinski definition) is 3. The highest BCUT2D eigenvalue weighted by molar-refractivity contribution is 7.71. The van der Waals surface area contributed by atoms with Gasteiger partial charge >= 0.3 is 0 Å². The van der Waals surface area contributed by atoms with E-state index in [-0.39, 0.29) is 38.7 Å². The van der Waals surface area contributed by atoms with Gasteiger partial charge < -0.3 is 10.1 Å². The van der Waals surface area contributed by atoms with Crippen LogP contribution in [0, 0.1) is 4.77 Å². The van der Waals surface area contributed by atoms with Crippen molar-refractivity contribution in [2.24, 2.45) is 10.2 Å². The zero-order valence-electron chi connectivity index (χ0n) is 13.5. The maximum atomic E-state index is 12.9. The molecule has 3 N–H and O–H groups in total. The minimum absolute atomic E-state index is 0.0640. The third-order valence-electron chi connectivity index (χ3n) is 4.09. The SMILES string of the molecule is O=C1c2ccccc2C(=O)c2c(N=Nc3c(O)[nH]c(=S)[nH]c3=O)cccc21. The van der Waals surface area contributed by atoms with Gasteiger partial charge in [-0.05, 0) is 18.3 Å². The van der Waals surface area contributed by atoms with Gasteiger partial charge in [0.2, 0.25) is 11.6 Å². The molecule has 3 aromatic rings. The Balaban J connectivity index is 1.86. The Hall–Kier alpha value is -3.72. The van der Waals surface area contributed by atoms with Crippen LogP contribution in [0.1, 0.15) is 31.8 Å². The van der Waals surface area contributed by atoms with E-state index >= 15 is 0 Å². The Bertz CT molecular complexity index is 1270. The van der Waals surface area contributed by atoms with Gasteiger partial charge in [-0.25, -0.2) is 0 Å². The van der Waals surface area contributed by atoms with Crippen LogP contribution < -0.4 is 5.56 Å². The standard InChI is InChI=1S/C18H10N4O4S/c23-14-8-4-1-2-5-9(8)15(24)12-10(14)6-3-7-11(12)21-22-13-16(25)19-18(27)20-17(13)26/h1-7H,(H3,19,20,25,26,27). The second-order valence-corrected chi connectivity index (χ2v) is 6.12. The van der Waals surface area contributed by atoms with Gasteiger partial charge in [-0.3, -0.25) is 19.4 Å². The van der Waals surface area contributed by atoms with E-state index in [4.69, 9.17) is 12.2 Å². The van der Waals surface area contributed by atoms with Crippen LogP contribution >= 0.6 is 12.2 Å². The second kappa shape index (κ2) is 6.22. The highest BCUT2D eigenvalue weighted by Gasteiger charge is 2.31. The molecule has 0 atom stereocenters. The van der Waals surface area contributed by atoms with E-state index in [2.05, 4.69) is 20.2 Å². The lowest BCUT2D eigenvalue weighted by Crippen LogP contribution is -2.20. The number of benzene rings is 2. The first-order valence-electron chi connectivity index (χ1n) is 7.76. The van der Waals surface area contributed by atoms with Crippen molar-refractivity contribution < 1.29 is 14.7 Å². The smallest absolute Gasteiger partial charge is 0.283 e. The van der Waals surface area contributed by atoms with Crippen molar-refractivity contribution in [3.8, 4) is 5.88 Å². The van der Waals surface area contributed by atoms with E-state index in [1.807, 2.05) is 0 Å². The Kier molecular flexibility index (Phi) is 3.85. The molecular weight excluding hydrogens is 368 g/mol. The maximum absolute atomic E-state index is 12.9. The lowest BCUT2D eigenvalue weighted by Gasteiger charge is -2.18. The molecule has 27 heavy (non-hydrogen) atoms. The summed E-state index contributed by atoms with van der Waals surface area (Å²) in [6.07, 6.45) is 0. The van der Waals surface area contributed by atoms with Gasteiger partial charge in [0.15, 0.2) is 16.3 Å². The Labute approximate surface area is 156 Å². The first kappa shape index (κ1) is 16.7. The van der Waals surface area contributed by atoms with Crippen LogP contribution in [0.4, 0.5) is 11.4 Å². The van der Waals surface area contributed by atoms with Crippen molar-refractivity contribution >= 4 is 35.2 Å². The molecule has 1 aliphatic rings. The van der Waals surface area contributed by atoms with Gasteiger partial charge in [0.05, 0.1) is 11.3 Å². The predicted octanol–water partition coefficient (Wildman–Crippen LogP) is 3.33. The number of azo groups is 1. The molecule has 0 unspecified atom stereocenters. The van der Waals surface area contributed by atoms with Gasteiger partial charge in [-0.1, -0.05) is 36.4 Å². The van der Waals surface area contributed by atoms with Gasteiger partial charge in [0.25, 0.3) is 5.56 Å². The van der Waals surface area contributed by atoms with Crippen molar-refractivity contribution in [3.63, 3.8) is 0 Å². The molecule has 4 rings (SSSR count). The van der Waals surface area contributed by atoms with Crippen molar-refractivity contribution in [2.45, 2.75) is 0 Å². The quantitative estimate of drug-likeness (QED) is 0.364. The second-order valence-electron chi connectivity index (χ2n) is 5.71. The fraction of sp³-hybridized carbons (Fsp3) is 0. The summed E-state index contributed by atoms with van der Waals surface area (Å²) in [6.45, 7) is 0. The molecule has 132 valence electrons. The van der Waals surface area contributed by atoms with Crippen LogP contribution in [0.3, 0.4) is 0 Å². The lowest BCUT2D eigenvalue weighted by molar-refractivity contribution is 0.0979. The number of rotatable bonds is 2. The first-order chi connectivity index (χ1) is 13.0. The number of H-pyrrole nitrogens is 2. The number of aromatic amines is 2. The van der Waals surface area contributed by atoms with Crippen LogP contribution in [-0.4, -0.2) is 26.6 Å². The number of carbonyl (C=O) groups is 2. The summed E-state index contributed by atoms with van der Waals surface area (Å²) >= 11 is 4.74. The first-order valence-corrected chi connectivity index (χ1v) is 8.17. The molecule has 2 aromatic carbocycles. The molecule has 8 nitrogen and oxygen atoms in total. The predicted molar refractivity (Wildman–Crippen MR) is 97.8 cm³/mol. The maximum Gasteiger partial charge on any atom is 0.283 e. The fourth-order valence-corrected chi connectivity index (χ4v) is 3.06. The molecule has 0 saturated carbocycles. The number of carbonyl (C=O) groups excluding carboxylic acids is 2. The van der Waals surface area contributed by atoms with Crippen molar-refractivity contribution in [3.05, 3.63) is 79.8 Å². The number of fused-ring (bicyclic) bond motifs is 2. The van der Waals surface area contributed by atoms with Crippen LogP contribution in [0.25, 0.3) is 0 Å². The largest absolute Gasteiger partial charge is 0.493 e. The molecule has 9 heteroatoms. The van der Waals surface area contributed by atoms with E-state index in [1.54, 1.807) is 30.3 Å². The summed E-state index contributed by atoms with van der Waals surface area (Å²) in [6, 6.07) is 11.1. The highest BCUT2D eigenvalue weighted by Crippen LogP contribution is 2.34. The molecule has 1 heterocycles. The average molecular weight is 378 g/mol. The van der Waals surface area contributed by atoms with E-state index < -0.39 is 17.1 Å². The minimum Gasteiger partial charge on any atom is -0.493 e. The van der Waals surface area contributed by atoms with Crippen molar-refractivity contribution in [1.82, 2.24) is 9.97 Å². The minimum atomic E-state index is -0.738. The Morgan fingerprint density at radius 2 is 1.48 bits per heavy atom. The number of aromatic nitrogens is 2. The lowest BCUT2D eigenvalue weighted by atomic mass is 9.83. The third-order valence-corrected chi connectivity index (χ3v) is 4.29. The number of nitrogens with one attached hydrogen (secondary N) is 2. The third kappa shape index (κ3) is 2.70. The molecule has 0 aliphatic heterocycles. The van der Waals surface area contributed by atoms with Crippen molar-refractivity contribution in [1.29, 1.82) is 0 Å². The molecule has 1 aromatic heterocycles.